The molecule has 1 aromatic heterocycles. The smallest absolute Gasteiger partial charge is 0.250 e. The van der Waals surface area contributed by atoms with E-state index in [-0.39, 0.29) is 11.7 Å². The number of allylic oxidation sites excluding steroid dienone is 1. The highest BCUT2D eigenvalue weighted by atomic mass is 127. The molecule has 32 heavy (non-hydrogen) atoms. The summed E-state index contributed by atoms with van der Waals surface area (Å²) in [6.45, 7) is 4.87. The van der Waals surface area contributed by atoms with Crippen LogP contribution >= 0.6 is 34.4 Å². The Balaban J connectivity index is 1.55. The van der Waals surface area contributed by atoms with Gasteiger partial charge in [0, 0.05) is 21.4 Å². The molecule has 0 aliphatic carbocycles. The van der Waals surface area contributed by atoms with Gasteiger partial charge in [-0.05, 0) is 59.0 Å². The van der Waals surface area contributed by atoms with Crippen molar-refractivity contribution in [2.24, 2.45) is 5.10 Å². The number of carbonyl (C=O) groups is 1. The second kappa shape index (κ2) is 12.2. The first-order chi connectivity index (χ1) is 15.6. The average molecular weight is 562 g/mol. The molecule has 2 aromatic carbocycles. The van der Waals surface area contributed by atoms with E-state index in [1.807, 2.05) is 53.1 Å². The highest BCUT2D eigenvalue weighted by molar-refractivity contribution is 14.1. The van der Waals surface area contributed by atoms with Crippen LogP contribution in [0.2, 0.25) is 0 Å². The molecule has 0 fully saturated rings. The normalized spacial score (nSPS) is 10.8. The maximum absolute atomic E-state index is 12.2. The number of methoxy groups -OCH3 is 1. The number of aromatic nitrogens is 3. The second-order valence-corrected chi connectivity index (χ2v) is 8.67. The number of ether oxygens (including phenoxy) is 1. The minimum atomic E-state index is -0.243. The lowest BCUT2D eigenvalue weighted by Crippen LogP contribution is -2.20. The van der Waals surface area contributed by atoms with Crippen molar-refractivity contribution < 1.29 is 9.53 Å². The first kappa shape index (κ1) is 23.8. The number of hydrogen-bond donors (Lipinski definition) is 2. The van der Waals surface area contributed by atoms with Crippen LogP contribution in [0.1, 0.15) is 11.4 Å². The fraction of sp³-hybridized carbons (Fsp3) is 0.182. The van der Waals surface area contributed by atoms with Gasteiger partial charge in [0.25, 0.3) is 5.91 Å². The van der Waals surface area contributed by atoms with Gasteiger partial charge in [-0.1, -0.05) is 30.0 Å². The van der Waals surface area contributed by atoms with E-state index >= 15 is 0 Å². The van der Waals surface area contributed by atoms with Crippen molar-refractivity contribution in [1.29, 1.82) is 0 Å². The zero-order valence-electron chi connectivity index (χ0n) is 17.5. The summed E-state index contributed by atoms with van der Waals surface area (Å²) in [4.78, 5) is 12.2. The molecule has 0 aliphatic rings. The molecule has 3 aromatic rings. The number of carbonyl (C=O) groups excluding carboxylic acids is 1. The molecule has 0 saturated carbocycles. The largest absolute Gasteiger partial charge is 0.496 e. The topological polar surface area (TPSA) is 93.4 Å². The summed E-state index contributed by atoms with van der Waals surface area (Å²) in [5.74, 6) is 1.36. The Bertz CT molecular complexity index is 1080. The number of nitrogens with one attached hydrogen (secondary N) is 2. The van der Waals surface area contributed by atoms with Gasteiger partial charge < -0.3 is 14.6 Å². The molecule has 8 nitrogen and oxygen atoms in total. The van der Waals surface area contributed by atoms with Crippen molar-refractivity contribution in [3.05, 3.63) is 76.1 Å². The van der Waals surface area contributed by atoms with E-state index in [9.17, 15) is 4.79 Å². The number of para-hydroxylation sites is 1. The van der Waals surface area contributed by atoms with Gasteiger partial charge >= 0.3 is 0 Å². The van der Waals surface area contributed by atoms with Crippen LogP contribution < -0.4 is 15.5 Å². The number of hydrazone groups is 1. The Morgan fingerprint density at radius 2 is 2.03 bits per heavy atom. The number of hydrogen-bond acceptors (Lipinski definition) is 7. The predicted molar refractivity (Wildman–Crippen MR) is 136 cm³/mol. The molecule has 3 rings (SSSR count). The van der Waals surface area contributed by atoms with Crippen LogP contribution in [-0.4, -0.2) is 39.7 Å². The van der Waals surface area contributed by atoms with Gasteiger partial charge in [0.05, 0.1) is 25.6 Å². The molecular weight excluding hydrogens is 539 g/mol. The summed E-state index contributed by atoms with van der Waals surface area (Å²) < 4.78 is 8.37. The Morgan fingerprint density at radius 3 is 2.78 bits per heavy atom. The van der Waals surface area contributed by atoms with E-state index in [1.54, 1.807) is 19.4 Å². The highest BCUT2D eigenvalue weighted by Gasteiger charge is 2.13. The monoisotopic (exact) mass is 562 g/mol. The van der Waals surface area contributed by atoms with Crippen molar-refractivity contribution in [2.75, 3.05) is 18.2 Å². The molecule has 2 N–H and O–H groups in total. The average Bonchev–Trinajstić information content (AvgIpc) is 3.19. The standard InChI is InChI=1S/C22H23IN6O2S/c1-3-12-29-20(14-24-18-10-8-17(23)9-11-18)26-28-22(29)32-15-21(30)27-25-13-16-6-4-5-7-19(16)31-2/h3-11,13,24H,1,12,14-15H2,2H3,(H,27,30)/b25-13-. The van der Waals surface area contributed by atoms with E-state index in [0.29, 0.717) is 24.0 Å². The molecule has 0 aliphatic heterocycles. The van der Waals surface area contributed by atoms with Crippen molar-refractivity contribution in [2.45, 2.75) is 18.2 Å². The molecule has 0 radical (unpaired) electrons. The predicted octanol–water partition coefficient (Wildman–Crippen LogP) is 3.93. The van der Waals surface area contributed by atoms with Crippen molar-refractivity contribution in [1.82, 2.24) is 20.2 Å². The Morgan fingerprint density at radius 1 is 1.25 bits per heavy atom. The number of nitrogens with zero attached hydrogens (tertiary/aromatic N) is 4. The molecule has 166 valence electrons. The van der Waals surface area contributed by atoms with E-state index in [1.165, 1.54) is 15.3 Å². The molecular formula is C22H23IN6O2S. The number of benzene rings is 2. The van der Waals surface area contributed by atoms with Gasteiger partial charge in [-0.25, -0.2) is 5.43 Å². The van der Waals surface area contributed by atoms with E-state index in [4.69, 9.17) is 4.74 Å². The second-order valence-electron chi connectivity index (χ2n) is 6.48. The number of halogens is 1. The molecule has 0 spiro atoms. The Labute approximate surface area is 204 Å². The summed E-state index contributed by atoms with van der Waals surface area (Å²) in [7, 11) is 1.59. The molecule has 0 unspecified atom stereocenters. The first-order valence-corrected chi connectivity index (χ1v) is 11.8. The summed E-state index contributed by atoms with van der Waals surface area (Å²) in [6.07, 6.45) is 3.33. The lowest BCUT2D eigenvalue weighted by Gasteiger charge is -2.09. The molecule has 10 heteroatoms. The van der Waals surface area contributed by atoms with Gasteiger partial charge in [-0.15, -0.1) is 16.8 Å². The Kier molecular flexibility index (Phi) is 9.11. The van der Waals surface area contributed by atoms with Gasteiger partial charge in [0.15, 0.2) is 11.0 Å². The van der Waals surface area contributed by atoms with Gasteiger partial charge in [0.1, 0.15) is 5.75 Å². The summed E-state index contributed by atoms with van der Waals surface area (Å²) in [5, 5.41) is 16.5. The number of thioether (sulfide) groups is 1. The third-order valence-corrected chi connectivity index (χ3v) is 5.95. The maximum atomic E-state index is 12.2. The lowest BCUT2D eigenvalue weighted by atomic mass is 10.2. The lowest BCUT2D eigenvalue weighted by molar-refractivity contribution is -0.118. The number of anilines is 1. The van der Waals surface area contributed by atoms with Crippen molar-refractivity contribution >= 4 is 52.2 Å². The van der Waals surface area contributed by atoms with Crippen molar-refractivity contribution in [3.63, 3.8) is 0 Å². The molecule has 1 amide bonds. The molecule has 1 heterocycles. The quantitative estimate of drug-likeness (QED) is 0.121. The zero-order valence-corrected chi connectivity index (χ0v) is 20.5. The number of rotatable bonds is 11. The van der Waals surface area contributed by atoms with E-state index in [0.717, 1.165) is 17.1 Å². The maximum Gasteiger partial charge on any atom is 0.250 e. The highest BCUT2D eigenvalue weighted by Crippen LogP contribution is 2.19. The molecule has 0 atom stereocenters. The number of amides is 1. The Hall–Kier alpha value is -2.86. The van der Waals surface area contributed by atoms with Crippen LogP contribution in [0.4, 0.5) is 5.69 Å². The van der Waals surface area contributed by atoms with E-state index < -0.39 is 0 Å². The van der Waals surface area contributed by atoms with Gasteiger partial charge in [0.2, 0.25) is 0 Å². The van der Waals surface area contributed by atoms with Crippen LogP contribution in [0.15, 0.2) is 71.4 Å². The fourth-order valence-corrected chi connectivity index (χ4v) is 3.85. The first-order valence-electron chi connectivity index (χ1n) is 9.71. The van der Waals surface area contributed by atoms with Crippen molar-refractivity contribution in [3.8, 4) is 5.75 Å². The molecule has 0 saturated heterocycles. The minimum absolute atomic E-state index is 0.156. The van der Waals surface area contributed by atoms with E-state index in [2.05, 4.69) is 55.2 Å². The van der Waals surface area contributed by atoms with Crippen LogP contribution in [0, 0.1) is 3.57 Å². The molecule has 0 bridgehead atoms. The van der Waals surface area contributed by atoms with Gasteiger partial charge in [-0.2, -0.15) is 5.10 Å². The summed E-state index contributed by atoms with van der Waals surface area (Å²) in [5.41, 5.74) is 4.30. The minimum Gasteiger partial charge on any atom is -0.496 e. The fourth-order valence-electron chi connectivity index (χ4n) is 2.73. The van der Waals surface area contributed by atoms with Crippen LogP contribution in [0.5, 0.6) is 5.75 Å². The third-order valence-electron chi connectivity index (χ3n) is 4.26. The van der Waals surface area contributed by atoms with Gasteiger partial charge in [-0.3, -0.25) is 4.79 Å². The van der Waals surface area contributed by atoms with Crippen LogP contribution in [0.25, 0.3) is 0 Å². The summed E-state index contributed by atoms with van der Waals surface area (Å²) >= 11 is 3.57. The van der Waals surface area contributed by atoms with Crippen LogP contribution in [0.3, 0.4) is 0 Å². The third kappa shape index (κ3) is 6.82. The SMILES string of the molecule is C=CCn1c(CNc2ccc(I)cc2)nnc1SCC(=O)N/N=C\c1ccccc1OC. The van der Waals surface area contributed by atoms with Crippen LogP contribution in [-0.2, 0) is 17.9 Å². The zero-order chi connectivity index (χ0) is 22.8. The summed E-state index contributed by atoms with van der Waals surface area (Å²) in [6, 6.07) is 15.5.